The van der Waals surface area contributed by atoms with Crippen LogP contribution in [0.15, 0.2) is 18.2 Å². The largest absolute Gasteiger partial charge is 0.489 e. The zero-order valence-corrected chi connectivity index (χ0v) is 14.6. The molecule has 4 nitrogen and oxygen atoms in total. The molecule has 0 saturated heterocycles. The highest BCUT2D eigenvalue weighted by atomic mass is 16.5. The first kappa shape index (κ1) is 18.5. The summed E-state index contributed by atoms with van der Waals surface area (Å²) in [6, 6.07) is 6.29. The van der Waals surface area contributed by atoms with Crippen LogP contribution in [0.1, 0.15) is 57.8 Å². The Morgan fingerprint density at radius 1 is 1.23 bits per heavy atom. The molecule has 0 atom stereocenters. The van der Waals surface area contributed by atoms with Crippen LogP contribution in [-0.2, 0) is 0 Å². The average molecular weight is 306 g/mol. The summed E-state index contributed by atoms with van der Waals surface area (Å²) in [5.74, 6) is 0.628. The number of nitrogens with two attached hydrogens (primary N) is 1. The fourth-order valence-corrected chi connectivity index (χ4v) is 2.66. The second-order valence-corrected chi connectivity index (χ2v) is 6.17. The maximum absolute atomic E-state index is 12.2. The average Bonchev–Trinajstić information content (AvgIpc) is 2.44. The van der Waals surface area contributed by atoms with Crippen LogP contribution in [0.25, 0.3) is 0 Å². The van der Waals surface area contributed by atoms with Crippen molar-refractivity contribution in [1.82, 2.24) is 4.90 Å². The summed E-state index contributed by atoms with van der Waals surface area (Å²) in [6.45, 7) is 12.0. The Labute approximate surface area is 134 Å². The smallest absolute Gasteiger partial charge is 0.166 e. The molecule has 0 heterocycles. The van der Waals surface area contributed by atoms with Crippen LogP contribution < -0.4 is 10.5 Å². The van der Waals surface area contributed by atoms with Crippen LogP contribution in [0.2, 0.25) is 0 Å². The molecule has 0 aliphatic heterocycles. The number of ketones is 1. The molecule has 0 aromatic heterocycles. The first-order valence-corrected chi connectivity index (χ1v) is 8.18. The first-order chi connectivity index (χ1) is 10.4. The third-order valence-corrected chi connectivity index (χ3v) is 3.75. The number of nitrogens with zero attached hydrogens (tertiary/aromatic N) is 1. The molecule has 0 spiro atoms. The van der Waals surface area contributed by atoms with Crippen LogP contribution in [0, 0.1) is 0 Å². The predicted octanol–water partition coefficient (Wildman–Crippen LogP) is 3.75. The van der Waals surface area contributed by atoms with Gasteiger partial charge >= 0.3 is 0 Å². The number of benzene rings is 1. The molecular formula is C18H30N2O2. The van der Waals surface area contributed by atoms with Gasteiger partial charge in [-0.3, -0.25) is 9.69 Å². The molecule has 1 rings (SSSR count). The molecule has 0 aliphatic carbocycles. The topological polar surface area (TPSA) is 55.6 Å². The molecule has 124 valence electrons. The van der Waals surface area contributed by atoms with Gasteiger partial charge in [0, 0.05) is 25.0 Å². The molecule has 2 N–H and O–H groups in total. The van der Waals surface area contributed by atoms with E-state index in [1.54, 1.807) is 18.2 Å². The van der Waals surface area contributed by atoms with Crippen molar-refractivity contribution < 1.29 is 9.53 Å². The van der Waals surface area contributed by atoms with Gasteiger partial charge < -0.3 is 10.5 Å². The number of para-hydroxylation sites is 1. The van der Waals surface area contributed by atoms with Gasteiger partial charge in [-0.05, 0) is 46.2 Å². The Balaban J connectivity index is 2.79. The fourth-order valence-electron chi connectivity index (χ4n) is 2.66. The van der Waals surface area contributed by atoms with E-state index in [0.717, 1.165) is 13.0 Å². The van der Waals surface area contributed by atoms with Gasteiger partial charge in [-0.15, -0.1) is 0 Å². The van der Waals surface area contributed by atoms with E-state index in [-0.39, 0.29) is 5.78 Å². The zero-order valence-electron chi connectivity index (χ0n) is 14.6. The Morgan fingerprint density at radius 3 is 2.41 bits per heavy atom. The number of hydrogen-bond donors (Lipinski definition) is 1. The van der Waals surface area contributed by atoms with Gasteiger partial charge in [0.1, 0.15) is 6.61 Å². The van der Waals surface area contributed by atoms with Crippen molar-refractivity contribution in [2.75, 3.05) is 18.9 Å². The lowest BCUT2D eigenvalue weighted by atomic mass is 10.0. The number of carbonyl (C=O) groups is 1. The van der Waals surface area contributed by atoms with Gasteiger partial charge in [0.05, 0.1) is 11.3 Å². The van der Waals surface area contributed by atoms with Crippen molar-refractivity contribution in [3.05, 3.63) is 23.8 Å². The minimum absolute atomic E-state index is 0.0920. The number of carbonyl (C=O) groups excluding carboxylic acids is 1. The third kappa shape index (κ3) is 5.02. The Bertz CT molecular complexity index is 476. The standard InChI is InChI=1S/C18H30N2O2/c1-6-8-17(21)15-9-7-10-16(19)18(15)22-12-11-20(13(2)3)14(4)5/h7,9-10,13-14H,6,8,11-12,19H2,1-5H3. The minimum Gasteiger partial charge on any atom is -0.489 e. The molecule has 0 saturated carbocycles. The van der Waals surface area contributed by atoms with Crippen molar-refractivity contribution in [2.24, 2.45) is 0 Å². The maximum Gasteiger partial charge on any atom is 0.166 e. The molecule has 0 aliphatic rings. The molecule has 0 bridgehead atoms. The van der Waals surface area contributed by atoms with Gasteiger partial charge in [-0.25, -0.2) is 0 Å². The molecule has 0 unspecified atom stereocenters. The van der Waals surface area contributed by atoms with Crippen LogP contribution in [-0.4, -0.2) is 35.9 Å². The van der Waals surface area contributed by atoms with Gasteiger partial charge in [-0.1, -0.05) is 13.0 Å². The van der Waals surface area contributed by atoms with E-state index in [1.807, 2.05) is 6.92 Å². The number of rotatable bonds is 9. The van der Waals surface area contributed by atoms with E-state index in [9.17, 15) is 4.79 Å². The van der Waals surface area contributed by atoms with Crippen molar-refractivity contribution in [3.63, 3.8) is 0 Å². The Hall–Kier alpha value is -1.55. The second kappa shape index (κ2) is 8.79. The predicted molar refractivity (Wildman–Crippen MR) is 92.6 cm³/mol. The quantitative estimate of drug-likeness (QED) is 0.557. The van der Waals surface area contributed by atoms with E-state index in [1.165, 1.54) is 0 Å². The molecule has 0 amide bonds. The fraction of sp³-hybridized carbons (Fsp3) is 0.611. The second-order valence-electron chi connectivity index (χ2n) is 6.17. The lowest BCUT2D eigenvalue weighted by Crippen LogP contribution is -2.39. The maximum atomic E-state index is 12.2. The van der Waals surface area contributed by atoms with E-state index in [4.69, 9.17) is 10.5 Å². The number of nitrogen functional groups attached to an aromatic ring is 1. The van der Waals surface area contributed by atoms with Crippen LogP contribution in [0.3, 0.4) is 0 Å². The SMILES string of the molecule is CCCC(=O)c1cccc(N)c1OCCN(C(C)C)C(C)C. The van der Waals surface area contributed by atoms with E-state index >= 15 is 0 Å². The molecule has 22 heavy (non-hydrogen) atoms. The summed E-state index contributed by atoms with van der Waals surface area (Å²) in [6.07, 6.45) is 1.34. The summed E-state index contributed by atoms with van der Waals surface area (Å²) in [7, 11) is 0. The van der Waals surface area contributed by atoms with E-state index in [0.29, 0.717) is 42.1 Å². The van der Waals surface area contributed by atoms with Gasteiger partial charge in [-0.2, -0.15) is 0 Å². The van der Waals surface area contributed by atoms with Gasteiger partial charge in [0.2, 0.25) is 0 Å². The van der Waals surface area contributed by atoms with Crippen molar-refractivity contribution in [2.45, 2.75) is 59.5 Å². The van der Waals surface area contributed by atoms with Crippen molar-refractivity contribution >= 4 is 11.5 Å². The molecule has 1 aromatic carbocycles. The minimum atomic E-state index is 0.0920. The first-order valence-electron chi connectivity index (χ1n) is 8.18. The van der Waals surface area contributed by atoms with Gasteiger partial charge in [0.25, 0.3) is 0 Å². The number of hydrogen-bond acceptors (Lipinski definition) is 4. The summed E-state index contributed by atoms with van der Waals surface area (Å²) >= 11 is 0. The number of Topliss-reactive ketones (excluding diaryl/α,β-unsaturated/α-hetero) is 1. The number of ether oxygens (including phenoxy) is 1. The van der Waals surface area contributed by atoms with Crippen molar-refractivity contribution in [1.29, 1.82) is 0 Å². The van der Waals surface area contributed by atoms with E-state index < -0.39 is 0 Å². The highest BCUT2D eigenvalue weighted by Crippen LogP contribution is 2.27. The highest BCUT2D eigenvalue weighted by molar-refractivity contribution is 6.00. The van der Waals surface area contributed by atoms with Crippen LogP contribution in [0.4, 0.5) is 5.69 Å². The summed E-state index contributed by atoms with van der Waals surface area (Å²) < 4.78 is 5.88. The lowest BCUT2D eigenvalue weighted by Gasteiger charge is -2.30. The highest BCUT2D eigenvalue weighted by Gasteiger charge is 2.16. The normalized spacial score (nSPS) is 11.5. The molecule has 0 fully saturated rings. The zero-order chi connectivity index (χ0) is 16.7. The summed E-state index contributed by atoms with van der Waals surface area (Å²) in [4.78, 5) is 14.5. The van der Waals surface area contributed by atoms with Gasteiger partial charge in [0.15, 0.2) is 11.5 Å². The summed E-state index contributed by atoms with van der Waals surface area (Å²) in [5.41, 5.74) is 7.13. The summed E-state index contributed by atoms with van der Waals surface area (Å²) in [5, 5.41) is 0. The molecule has 4 heteroatoms. The monoisotopic (exact) mass is 306 g/mol. The molecule has 0 radical (unpaired) electrons. The molecular weight excluding hydrogens is 276 g/mol. The lowest BCUT2D eigenvalue weighted by molar-refractivity contribution is 0.0974. The van der Waals surface area contributed by atoms with Crippen molar-refractivity contribution in [3.8, 4) is 5.75 Å². The third-order valence-electron chi connectivity index (χ3n) is 3.75. The Morgan fingerprint density at radius 2 is 1.86 bits per heavy atom. The molecule has 1 aromatic rings. The Kier molecular flexibility index (Phi) is 7.39. The van der Waals surface area contributed by atoms with Crippen LogP contribution >= 0.6 is 0 Å². The number of anilines is 1. The van der Waals surface area contributed by atoms with Crippen LogP contribution in [0.5, 0.6) is 5.75 Å². The van der Waals surface area contributed by atoms with E-state index in [2.05, 4.69) is 32.6 Å².